The summed E-state index contributed by atoms with van der Waals surface area (Å²) in [6, 6.07) is 7.72. The number of likely N-dealkylation sites (tertiary alicyclic amines) is 1. The first-order valence-corrected chi connectivity index (χ1v) is 9.73. The summed E-state index contributed by atoms with van der Waals surface area (Å²) in [7, 11) is 0. The molecule has 0 bridgehead atoms. The third-order valence-electron chi connectivity index (χ3n) is 4.79. The van der Waals surface area contributed by atoms with Crippen molar-refractivity contribution in [1.82, 2.24) is 19.9 Å². The van der Waals surface area contributed by atoms with Crippen molar-refractivity contribution in [2.24, 2.45) is 0 Å². The van der Waals surface area contributed by atoms with Crippen molar-refractivity contribution in [3.05, 3.63) is 42.1 Å². The maximum absolute atomic E-state index is 8.68. The summed E-state index contributed by atoms with van der Waals surface area (Å²) < 4.78 is 5.26. The van der Waals surface area contributed by atoms with Gasteiger partial charge in [-0.1, -0.05) is 6.42 Å². The summed E-state index contributed by atoms with van der Waals surface area (Å²) >= 11 is 0. The van der Waals surface area contributed by atoms with Gasteiger partial charge in [0, 0.05) is 45.2 Å². The Morgan fingerprint density at radius 2 is 1.82 bits per heavy atom. The molecule has 4 heterocycles. The standard InChI is InChI=1S/C11H14N4.C9H13N3O.H2/c12-8-11-13-5-4-10(14-11)9-15-6-2-1-3-7-15;10-9-7-8(1-2-11-9)12-3-5-13-6-4-12;/h4-5H,1-3,6-7,9H2;1-2,7H,3-6H2,(H2,10,11);1H. The van der Waals surface area contributed by atoms with Gasteiger partial charge in [0.05, 0.1) is 18.9 Å². The van der Waals surface area contributed by atoms with E-state index in [2.05, 4.69) is 24.8 Å². The number of pyridine rings is 1. The number of hydrogen-bond acceptors (Lipinski definition) is 8. The molecule has 8 heteroatoms. The molecule has 0 aliphatic carbocycles. The number of aromatic nitrogens is 3. The van der Waals surface area contributed by atoms with Gasteiger partial charge in [0.1, 0.15) is 11.9 Å². The van der Waals surface area contributed by atoms with E-state index in [1.165, 1.54) is 19.3 Å². The number of nitrogen functional groups attached to an aromatic ring is 1. The summed E-state index contributed by atoms with van der Waals surface area (Å²) in [6.07, 6.45) is 7.28. The Kier molecular flexibility index (Phi) is 7.53. The van der Waals surface area contributed by atoms with Gasteiger partial charge < -0.3 is 15.4 Å². The van der Waals surface area contributed by atoms with Gasteiger partial charge in [0.2, 0.25) is 5.82 Å². The second-order valence-corrected chi connectivity index (χ2v) is 6.86. The van der Waals surface area contributed by atoms with Crippen LogP contribution in [0.25, 0.3) is 0 Å². The first-order chi connectivity index (χ1) is 13.7. The fourth-order valence-corrected chi connectivity index (χ4v) is 3.34. The van der Waals surface area contributed by atoms with Crippen LogP contribution in [0, 0.1) is 11.3 Å². The van der Waals surface area contributed by atoms with Crippen LogP contribution < -0.4 is 10.6 Å². The van der Waals surface area contributed by atoms with Crippen LogP contribution in [-0.4, -0.2) is 59.2 Å². The first kappa shape index (κ1) is 20.0. The van der Waals surface area contributed by atoms with E-state index in [1.54, 1.807) is 12.4 Å². The molecule has 0 unspecified atom stereocenters. The van der Waals surface area contributed by atoms with Crippen LogP contribution >= 0.6 is 0 Å². The minimum atomic E-state index is 0. The van der Waals surface area contributed by atoms with E-state index in [9.17, 15) is 0 Å². The van der Waals surface area contributed by atoms with Crippen LogP contribution in [0.2, 0.25) is 0 Å². The molecular weight excluding hydrogens is 354 g/mol. The fourth-order valence-electron chi connectivity index (χ4n) is 3.34. The molecule has 0 radical (unpaired) electrons. The van der Waals surface area contributed by atoms with E-state index in [4.69, 9.17) is 15.7 Å². The number of hydrogen-bond donors (Lipinski definition) is 1. The van der Waals surface area contributed by atoms with E-state index < -0.39 is 0 Å². The molecule has 2 saturated heterocycles. The minimum absolute atomic E-state index is 0. The Morgan fingerprint density at radius 1 is 1.07 bits per heavy atom. The molecule has 0 atom stereocenters. The normalized spacial score (nSPS) is 17.3. The van der Waals surface area contributed by atoms with E-state index >= 15 is 0 Å². The van der Waals surface area contributed by atoms with Gasteiger partial charge in [-0.2, -0.15) is 5.26 Å². The molecule has 0 aromatic carbocycles. The maximum Gasteiger partial charge on any atom is 0.232 e. The quantitative estimate of drug-likeness (QED) is 0.859. The predicted molar refractivity (Wildman–Crippen MR) is 110 cm³/mol. The highest BCUT2D eigenvalue weighted by molar-refractivity contribution is 5.52. The Balaban J connectivity index is 0.000000202. The van der Waals surface area contributed by atoms with Gasteiger partial charge in [-0.15, -0.1) is 0 Å². The minimum Gasteiger partial charge on any atom is -0.384 e. The van der Waals surface area contributed by atoms with Gasteiger partial charge in [-0.05, 0) is 38.1 Å². The second-order valence-electron chi connectivity index (χ2n) is 6.86. The number of ether oxygens (including phenoxy) is 1. The molecular formula is C20H29N7O. The summed E-state index contributed by atoms with van der Waals surface area (Å²) in [5, 5.41) is 8.68. The van der Waals surface area contributed by atoms with Crippen LogP contribution in [0.5, 0.6) is 0 Å². The maximum atomic E-state index is 8.68. The summed E-state index contributed by atoms with van der Waals surface area (Å²) in [5.41, 5.74) is 7.68. The number of piperidine rings is 1. The lowest BCUT2D eigenvalue weighted by atomic mass is 10.1. The molecule has 0 amide bonds. The number of nitrogens with two attached hydrogens (primary N) is 1. The highest BCUT2D eigenvalue weighted by Gasteiger charge is 2.12. The second kappa shape index (κ2) is 10.5. The van der Waals surface area contributed by atoms with E-state index in [-0.39, 0.29) is 7.25 Å². The predicted octanol–water partition coefficient (Wildman–Crippen LogP) is 2.08. The zero-order valence-electron chi connectivity index (χ0n) is 16.1. The fraction of sp³-hybridized carbons (Fsp3) is 0.500. The number of rotatable bonds is 3. The molecule has 2 aromatic heterocycles. The summed E-state index contributed by atoms with van der Waals surface area (Å²) in [5.74, 6) is 0.841. The van der Waals surface area contributed by atoms with Crippen molar-refractivity contribution in [1.29, 1.82) is 5.26 Å². The van der Waals surface area contributed by atoms with Gasteiger partial charge >= 0.3 is 0 Å². The van der Waals surface area contributed by atoms with Gasteiger partial charge in [-0.3, -0.25) is 4.90 Å². The van der Waals surface area contributed by atoms with Crippen LogP contribution in [0.3, 0.4) is 0 Å². The number of anilines is 2. The molecule has 2 aliphatic heterocycles. The van der Waals surface area contributed by atoms with Crippen molar-refractivity contribution in [2.45, 2.75) is 25.8 Å². The molecule has 0 spiro atoms. The van der Waals surface area contributed by atoms with Crippen molar-refractivity contribution in [2.75, 3.05) is 50.0 Å². The van der Waals surface area contributed by atoms with Crippen LogP contribution in [0.1, 0.15) is 32.2 Å². The molecule has 28 heavy (non-hydrogen) atoms. The molecule has 4 rings (SSSR count). The van der Waals surface area contributed by atoms with E-state index in [0.29, 0.717) is 5.82 Å². The molecule has 2 N–H and O–H groups in total. The topological polar surface area (TPSA) is 104 Å². The van der Waals surface area contributed by atoms with Crippen molar-refractivity contribution >= 4 is 11.5 Å². The van der Waals surface area contributed by atoms with Gasteiger partial charge in [0.25, 0.3) is 0 Å². The third kappa shape index (κ3) is 6.15. The van der Waals surface area contributed by atoms with Crippen molar-refractivity contribution < 1.29 is 6.16 Å². The summed E-state index contributed by atoms with van der Waals surface area (Å²) in [4.78, 5) is 16.6. The van der Waals surface area contributed by atoms with Crippen molar-refractivity contribution in [3.8, 4) is 6.07 Å². The number of nitrogens with zero attached hydrogens (tertiary/aromatic N) is 6. The molecule has 0 saturated carbocycles. The average molecular weight is 384 g/mol. The molecule has 8 nitrogen and oxygen atoms in total. The van der Waals surface area contributed by atoms with Gasteiger partial charge in [0.15, 0.2) is 0 Å². The first-order valence-electron chi connectivity index (χ1n) is 9.73. The Labute approximate surface area is 167 Å². The molecule has 150 valence electrons. The Morgan fingerprint density at radius 3 is 2.54 bits per heavy atom. The number of nitriles is 1. The lowest BCUT2D eigenvalue weighted by molar-refractivity contribution is 0.122. The average Bonchev–Trinajstić information content (AvgIpc) is 2.76. The molecule has 2 aliphatic rings. The van der Waals surface area contributed by atoms with Crippen molar-refractivity contribution in [3.63, 3.8) is 0 Å². The van der Waals surface area contributed by atoms with Gasteiger partial charge in [-0.25, -0.2) is 15.0 Å². The van der Waals surface area contributed by atoms with Crippen LogP contribution in [-0.2, 0) is 11.3 Å². The van der Waals surface area contributed by atoms with E-state index in [1.807, 2.05) is 24.3 Å². The Hall–Kier alpha value is -2.76. The SMILES string of the molecule is N#Cc1nccc(CN2CCCCC2)n1.Nc1cc(N2CCOCC2)ccn1.[HH]. The lowest BCUT2D eigenvalue weighted by Gasteiger charge is -2.28. The smallest absolute Gasteiger partial charge is 0.232 e. The Bertz CT molecular complexity index is 786. The number of morpholine rings is 1. The highest BCUT2D eigenvalue weighted by Crippen LogP contribution is 2.16. The zero-order valence-corrected chi connectivity index (χ0v) is 16.1. The van der Waals surface area contributed by atoms with Crippen LogP contribution in [0.4, 0.5) is 11.5 Å². The monoisotopic (exact) mass is 383 g/mol. The summed E-state index contributed by atoms with van der Waals surface area (Å²) in [6.45, 7) is 6.59. The lowest BCUT2D eigenvalue weighted by Crippen LogP contribution is -2.36. The van der Waals surface area contributed by atoms with Crippen LogP contribution in [0.15, 0.2) is 30.6 Å². The highest BCUT2D eigenvalue weighted by atomic mass is 16.5. The third-order valence-corrected chi connectivity index (χ3v) is 4.79. The molecule has 2 fully saturated rings. The largest absolute Gasteiger partial charge is 0.384 e. The zero-order chi connectivity index (χ0) is 19.6. The van der Waals surface area contributed by atoms with E-state index in [0.717, 1.165) is 57.3 Å². The molecule has 2 aromatic rings.